The Morgan fingerprint density at radius 3 is 2.56 bits per heavy atom. The molecule has 0 bridgehead atoms. The van der Waals surface area contributed by atoms with Crippen molar-refractivity contribution in [2.45, 2.75) is 25.7 Å². The van der Waals surface area contributed by atoms with Crippen LogP contribution < -0.4 is 9.47 Å². The van der Waals surface area contributed by atoms with Gasteiger partial charge in [0.2, 0.25) is 0 Å². The zero-order valence-electron chi connectivity index (χ0n) is 20.3. The first-order chi connectivity index (χ1) is 17.5. The van der Waals surface area contributed by atoms with Crippen LogP contribution in [0.25, 0.3) is 22.5 Å². The number of rotatable bonds is 6. The molecule has 1 amide bonds. The summed E-state index contributed by atoms with van der Waals surface area (Å²) in [4.78, 5) is 20.3. The fourth-order valence-electron chi connectivity index (χ4n) is 4.66. The van der Waals surface area contributed by atoms with Gasteiger partial charge in [-0.1, -0.05) is 35.5 Å². The monoisotopic (exact) mass is 567 g/mol. The van der Waals surface area contributed by atoms with E-state index in [1.165, 1.54) is 0 Å². The lowest BCUT2D eigenvalue weighted by atomic mass is 9.96. The molecule has 0 spiro atoms. The van der Waals surface area contributed by atoms with Gasteiger partial charge in [-0.2, -0.15) is 0 Å². The van der Waals surface area contributed by atoms with Gasteiger partial charge in [0.05, 0.1) is 35.0 Å². The number of nitrogens with zero attached hydrogens (tertiary/aromatic N) is 3. The number of halogens is 1. The predicted molar refractivity (Wildman–Crippen MR) is 143 cm³/mol. The topological polar surface area (TPSA) is 77.7 Å². The summed E-state index contributed by atoms with van der Waals surface area (Å²) in [5, 5.41) is 7.46. The van der Waals surface area contributed by atoms with Gasteiger partial charge in [0.1, 0.15) is 28.5 Å². The Morgan fingerprint density at radius 2 is 1.86 bits per heavy atom. The van der Waals surface area contributed by atoms with Crippen molar-refractivity contribution in [2.24, 2.45) is 0 Å². The summed E-state index contributed by atoms with van der Waals surface area (Å²) in [5.74, 6) is 1.95. The number of aryl methyl sites for hydroxylation is 1. The fourth-order valence-corrected chi connectivity index (χ4v) is 6.13. The first-order valence-electron chi connectivity index (χ1n) is 11.7. The second-order valence-electron chi connectivity index (χ2n) is 8.62. The summed E-state index contributed by atoms with van der Waals surface area (Å²) in [5.41, 5.74) is 4.08. The molecular formula is C27H26BrN3O4S. The van der Waals surface area contributed by atoms with E-state index in [1.54, 1.807) is 31.6 Å². The molecule has 3 heterocycles. The van der Waals surface area contributed by atoms with Gasteiger partial charge in [-0.3, -0.25) is 4.79 Å². The van der Waals surface area contributed by atoms with E-state index in [0.717, 1.165) is 50.6 Å². The minimum atomic E-state index is -0.0872. The Balaban J connectivity index is 1.33. The van der Waals surface area contributed by atoms with Crippen LogP contribution >= 0.6 is 27.3 Å². The van der Waals surface area contributed by atoms with Gasteiger partial charge in [-0.15, -0.1) is 11.3 Å². The standard InChI is InChI=1S/C27H26BrN3O4S/c1-16-22(24(30-35-16)17-7-5-4-6-8-17)20-15-36-26(29-20)18-11-13-31(14-12-18)27(32)23-21(33-2)10-9-19(28)25(23)34-3/h4-10,15,18H,11-14H2,1-3H3. The van der Waals surface area contributed by atoms with Crippen molar-refractivity contribution in [1.29, 1.82) is 0 Å². The average Bonchev–Trinajstić information content (AvgIpc) is 3.55. The maximum Gasteiger partial charge on any atom is 0.261 e. The molecule has 0 N–H and O–H groups in total. The number of methoxy groups -OCH3 is 2. The number of ether oxygens (including phenoxy) is 2. The molecule has 5 rings (SSSR count). The second kappa shape index (κ2) is 10.4. The summed E-state index contributed by atoms with van der Waals surface area (Å²) in [7, 11) is 3.12. The Morgan fingerprint density at radius 1 is 1.11 bits per heavy atom. The third kappa shape index (κ3) is 4.53. The molecule has 1 aliphatic rings. The van der Waals surface area contributed by atoms with Crippen molar-refractivity contribution in [3.8, 4) is 34.0 Å². The summed E-state index contributed by atoms with van der Waals surface area (Å²) in [6, 6.07) is 13.6. The van der Waals surface area contributed by atoms with Gasteiger partial charge in [0, 0.05) is 30.0 Å². The molecule has 0 unspecified atom stereocenters. The molecule has 1 fully saturated rings. The minimum Gasteiger partial charge on any atom is -0.496 e. The molecule has 0 saturated carbocycles. The predicted octanol–water partition coefficient (Wildman–Crippen LogP) is 6.57. The summed E-state index contributed by atoms with van der Waals surface area (Å²) >= 11 is 5.13. The quantitative estimate of drug-likeness (QED) is 0.262. The minimum absolute atomic E-state index is 0.0872. The molecule has 186 valence electrons. The van der Waals surface area contributed by atoms with E-state index in [9.17, 15) is 4.79 Å². The van der Waals surface area contributed by atoms with E-state index in [-0.39, 0.29) is 5.91 Å². The molecule has 36 heavy (non-hydrogen) atoms. The summed E-state index contributed by atoms with van der Waals surface area (Å²) < 4.78 is 17.2. The van der Waals surface area contributed by atoms with E-state index < -0.39 is 0 Å². The Kier molecular flexibility index (Phi) is 7.11. The molecule has 0 radical (unpaired) electrons. The van der Waals surface area contributed by atoms with Gasteiger partial charge in [-0.25, -0.2) is 4.98 Å². The third-order valence-corrected chi connectivity index (χ3v) is 8.16. The maximum atomic E-state index is 13.4. The van der Waals surface area contributed by atoms with Crippen molar-refractivity contribution in [2.75, 3.05) is 27.3 Å². The number of piperidine rings is 1. The molecule has 7 nitrogen and oxygen atoms in total. The molecule has 1 aliphatic heterocycles. The third-order valence-electron chi connectivity index (χ3n) is 6.53. The van der Waals surface area contributed by atoms with Gasteiger partial charge in [0.25, 0.3) is 5.91 Å². The maximum absolute atomic E-state index is 13.4. The number of hydrogen-bond donors (Lipinski definition) is 0. The molecule has 2 aromatic heterocycles. The van der Waals surface area contributed by atoms with Crippen LogP contribution in [-0.4, -0.2) is 48.3 Å². The van der Waals surface area contributed by atoms with E-state index in [2.05, 4.69) is 26.5 Å². The average molecular weight is 568 g/mol. The van der Waals surface area contributed by atoms with Gasteiger partial charge < -0.3 is 18.9 Å². The van der Waals surface area contributed by atoms with Crippen molar-refractivity contribution >= 4 is 33.2 Å². The molecule has 9 heteroatoms. The van der Waals surface area contributed by atoms with Crippen LogP contribution in [0.4, 0.5) is 0 Å². The van der Waals surface area contributed by atoms with Crippen LogP contribution in [0.15, 0.2) is 56.8 Å². The first-order valence-corrected chi connectivity index (χ1v) is 13.4. The van der Waals surface area contributed by atoms with Crippen LogP contribution in [0.5, 0.6) is 11.5 Å². The Hall–Kier alpha value is -3.17. The SMILES string of the molecule is COc1ccc(Br)c(OC)c1C(=O)N1CCC(c2nc(-c3c(-c4ccccc4)noc3C)cs2)CC1. The van der Waals surface area contributed by atoms with Crippen LogP contribution in [0.3, 0.4) is 0 Å². The van der Waals surface area contributed by atoms with Crippen molar-refractivity contribution in [3.05, 3.63) is 68.6 Å². The van der Waals surface area contributed by atoms with Gasteiger partial charge in [-0.05, 0) is 47.8 Å². The fraction of sp³-hybridized carbons (Fsp3) is 0.296. The highest BCUT2D eigenvalue weighted by Gasteiger charge is 2.31. The van der Waals surface area contributed by atoms with E-state index in [1.807, 2.05) is 48.2 Å². The normalized spacial score (nSPS) is 14.2. The van der Waals surface area contributed by atoms with E-state index in [0.29, 0.717) is 36.1 Å². The van der Waals surface area contributed by atoms with Crippen LogP contribution in [-0.2, 0) is 0 Å². The molecule has 2 aromatic carbocycles. The van der Waals surface area contributed by atoms with Gasteiger partial charge >= 0.3 is 0 Å². The summed E-state index contributed by atoms with van der Waals surface area (Å²) in [6.07, 6.45) is 1.68. The second-order valence-corrected chi connectivity index (χ2v) is 10.4. The number of benzene rings is 2. The van der Waals surface area contributed by atoms with Crippen LogP contribution in [0.1, 0.15) is 39.9 Å². The largest absolute Gasteiger partial charge is 0.496 e. The van der Waals surface area contributed by atoms with Crippen LogP contribution in [0.2, 0.25) is 0 Å². The number of carbonyl (C=O) groups excluding carboxylic acids is 1. The highest BCUT2D eigenvalue weighted by molar-refractivity contribution is 9.10. The van der Waals surface area contributed by atoms with E-state index >= 15 is 0 Å². The molecular weight excluding hydrogens is 542 g/mol. The number of amides is 1. The number of aromatic nitrogens is 2. The van der Waals surface area contributed by atoms with Gasteiger partial charge in [0.15, 0.2) is 0 Å². The molecule has 0 atom stereocenters. The highest BCUT2D eigenvalue weighted by Crippen LogP contribution is 2.40. The zero-order chi connectivity index (χ0) is 25.2. The molecule has 1 saturated heterocycles. The van der Waals surface area contributed by atoms with Crippen molar-refractivity contribution in [1.82, 2.24) is 15.0 Å². The lowest BCUT2D eigenvalue weighted by molar-refractivity contribution is 0.0706. The number of carbonyl (C=O) groups is 1. The Labute approximate surface area is 222 Å². The lowest BCUT2D eigenvalue weighted by Gasteiger charge is -2.32. The van der Waals surface area contributed by atoms with Crippen LogP contribution in [0, 0.1) is 6.92 Å². The molecule has 4 aromatic rings. The smallest absolute Gasteiger partial charge is 0.261 e. The van der Waals surface area contributed by atoms with E-state index in [4.69, 9.17) is 19.0 Å². The van der Waals surface area contributed by atoms with Crippen molar-refractivity contribution in [3.63, 3.8) is 0 Å². The zero-order valence-corrected chi connectivity index (χ0v) is 22.7. The lowest BCUT2D eigenvalue weighted by Crippen LogP contribution is -2.38. The number of thiazole rings is 1. The first kappa shape index (κ1) is 24.5. The Bertz CT molecular complexity index is 1380. The number of likely N-dealkylation sites (tertiary alicyclic amines) is 1. The summed E-state index contributed by atoms with van der Waals surface area (Å²) in [6.45, 7) is 3.19. The highest BCUT2D eigenvalue weighted by atomic mass is 79.9. The molecule has 0 aliphatic carbocycles. The van der Waals surface area contributed by atoms with Crippen molar-refractivity contribution < 1.29 is 18.8 Å². The number of hydrogen-bond acceptors (Lipinski definition) is 7.